The molecule has 24 heavy (non-hydrogen) atoms. The van der Waals surface area contributed by atoms with Crippen molar-refractivity contribution < 1.29 is 45.3 Å². The molecule has 0 radical (unpaired) electrons. The Kier molecular flexibility index (Phi) is 8.73. The molecule has 0 fully saturated rings. The maximum atomic E-state index is 5.37. The third-order valence-electron chi connectivity index (χ3n) is 3.67. The molecule has 0 unspecified atom stereocenters. The first-order valence-electron chi connectivity index (χ1n) is 7.85. The molecule has 0 amide bonds. The first kappa shape index (κ1) is 20.9. The summed E-state index contributed by atoms with van der Waals surface area (Å²) in [6.07, 6.45) is 0. The molecule has 3 rings (SSSR count). The van der Waals surface area contributed by atoms with Crippen molar-refractivity contribution in [2.45, 2.75) is 39.5 Å². The maximum absolute atomic E-state index is 5.37. The first-order chi connectivity index (χ1) is 11.0. The largest absolute Gasteiger partial charge is 2.00 e. The van der Waals surface area contributed by atoms with E-state index in [2.05, 4.69) is 46.9 Å². The van der Waals surface area contributed by atoms with E-state index in [4.69, 9.17) is 14.2 Å². The van der Waals surface area contributed by atoms with Crippen LogP contribution in [0, 0.1) is 44.3 Å². The van der Waals surface area contributed by atoms with Gasteiger partial charge in [-0.1, -0.05) is 39.8 Å². The topological polar surface area (TPSA) is 27.7 Å². The summed E-state index contributed by atoms with van der Waals surface area (Å²) in [7, 11) is 3.33. The summed E-state index contributed by atoms with van der Waals surface area (Å²) in [5, 5.41) is 0. The van der Waals surface area contributed by atoms with Crippen LogP contribution in [-0.4, -0.2) is 6.79 Å². The predicted octanol–water partition coefficient (Wildman–Crippen LogP) is 5.32. The number of rotatable bonds is 3. The fourth-order valence-corrected chi connectivity index (χ4v) is 2.31. The molecule has 0 aliphatic carbocycles. The summed E-state index contributed by atoms with van der Waals surface area (Å²) in [5.41, 5.74) is 2.48. The second-order valence-electron chi connectivity index (χ2n) is 6.02. The molecule has 0 saturated heterocycles. The second-order valence-corrected chi connectivity index (χ2v) is 6.02. The molecule has 3 nitrogen and oxygen atoms in total. The summed E-state index contributed by atoms with van der Waals surface area (Å²) in [5.74, 6) is 3.52. The Morgan fingerprint density at radius 3 is 2.46 bits per heavy atom. The standard InChI is InChI=1S/C10H12O2.C10H12O.U/c1-7(2)8-4-3-5-9-10(8)12-6-11-9;1-8(2)9-5-4-6-10(7-9)11-3;/h3-5,7H,6H2,1-2H3;4-5,7-8H,3H2,1-2H3;/q;-2;+2. The van der Waals surface area contributed by atoms with E-state index in [0.29, 0.717) is 24.4 Å². The van der Waals surface area contributed by atoms with Gasteiger partial charge >= 0.3 is 31.1 Å². The molecule has 0 spiro atoms. The monoisotopic (exact) mass is 550 g/mol. The molecular formula is C20H24O3U. The molecular weight excluding hydrogens is 526 g/mol. The maximum Gasteiger partial charge on any atom is 2.00 e. The Balaban J connectivity index is 0.000000232. The molecule has 0 N–H and O–H groups in total. The van der Waals surface area contributed by atoms with Gasteiger partial charge in [-0.2, -0.15) is 24.8 Å². The van der Waals surface area contributed by atoms with Gasteiger partial charge in [0, 0.05) is 5.56 Å². The van der Waals surface area contributed by atoms with Crippen LogP contribution in [-0.2, 0) is 0 Å². The van der Waals surface area contributed by atoms with Crippen molar-refractivity contribution in [2.24, 2.45) is 0 Å². The Morgan fingerprint density at radius 1 is 1.08 bits per heavy atom. The third kappa shape index (κ3) is 5.47. The molecule has 126 valence electrons. The molecule has 0 saturated carbocycles. The van der Waals surface area contributed by atoms with Crippen molar-refractivity contribution in [1.82, 2.24) is 0 Å². The Morgan fingerprint density at radius 2 is 1.83 bits per heavy atom. The number of benzene rings is 2. The van der Waals surface area contributed by atoms with Gasteiger partial charge in [0.25, 0.3) is 0 Å². The molecule has 1 heterocycles. The minimum absolute atomic E-state index is 0. The van der Waals surface area contributed by atoms with Crippen LogP contribution in [0.15, 0.2) is 36.4 Å². The number of fused-ring (bicyclic) bond motifs is 1. The van der Waals surface area contributed by atoms with E-state index in [1.54, 1.807) is 0 Å². The average molecular weight is 550 g/mol. The predicted molar refractivity (Wildman–Crippen MR) is 92.0 cm³/mol. The van der Waals surface area contributed by atoms with Gasteiger partial charge in [0.2, 0.25) is 6.79 Å². The van der Waals surface area contributed by atoms with Crippen LogP contribution in [0.5, 0.6) is 17.2 Å². The summed E-state index contributed by atoms with van der Waals surface area (Å²) in [6.45, 7) is 8.94. The molecule has 2 aromatic carbocycles. The van der Waals surface area contributed by atoms with Gasteiger partial charge in [-0.05, 0) is 23.7 Å². The Bertz CT molecular complexity index is 639. The minimum Gasteiger partial charge on any atom is -0.683 e. The van der Waals surface area contributed by atoms with Crippen LogP contribution in [0.4, 0.5) is 0 Å². The van der Waals surface area contributed by atoms with Crippen molar-refractivity contribution in [2.75, 3.05) is 6.79 Å². The zero-order chi connectivity index (χ0) is 16.8. The number of hydrogen-bond acceptors (Lipinski definition) is 3. The van der Waals surface area contributed by atoms with Crippen molar-refractivity contribution in [3.05, 3.63) is 60.7 Å². The van der Waals surface area contributed by atoms with Gasteiger partial charge in [0.15, 0.2) is 11.5 Å². The molecule has 4 heteroatoms. The van der Waals surface area contributed by atoms with Gasteiger partial charge in [-0.15, -0.1) is 12.1 Å². The molecule has 1 aliphatic heterocycles. The summed E-state index contributed by atoms with van der Waals surface area (Å²) in [6, 6.07) is 14.8. The summed E-state index contributed by atoms with van der Waals surface area (Å²) in [4.78, 5) is 0. The molecule has 0 aromatic heterocycles. The van der Waals surface area contributed by atoms with Crippen LogP contribution < -0.4 is 14.2 Å². The Labute approximate surface area is 169 Å². The number of hydrogen-bond donors (Lipinski definition) is 0. The van der Waals surface area contributed by atoms with Crippen LogP contribution in [0.1, 0.15) is 50.7 Å². The number of para-hydroxylation sites is 1. The minimum atomic E-state index is 0. The van der Waals surface area contributed by atoms with E-state index >= 15 is 0 Å². The van der Waals surface area contributed by atoms with Crippen LogP contribution >= 0.6 is 0 Å². The third-order valence-corrected chi connectivity index (χ3v) is 3.67. The molecule has 0 bridgehead atoms. The zero-order valence-corrected chi connectivity index (χ0v) is 18.9. The van der Waals surface area contributed by atoms with Crippen molar-refractivity contribution in [1.29, 1.82) is 0 Å². The van der Waals surface area contributed by atoms with E-state index in [-0.39, 0.29) is 31.1 Å². The van der Waals surface area contributed by atoms with Gasteiger partial charge < -0.3 is 14.2 Å². The van der Waals surface area contributed by atoms with Crippen LogP contribution in [0.3, 0.4) is 0 Å². The molecule has 2 aromatic rings. The quantitative estimate of drug-likeness (QED) is 0.485. The van der Waals surface area contributed by atoms with Gasteiger partial charge in [0.05, 0.1) is 0 Å². The van der Waals surface area contributed by atoms with Gasteiger partial charge in [-0.3, -0.25) is 0 Å². The smallest absolute Gasteiger partial charge is 0.683 e. The number of ether oxygens (including phenoxy) is 3. The SMILES string of the molecule is CC(C)c1cccc2c1OCO2.[CH2-]Oc1[c-]ccc(C(C)C)c1.[U+2]. The van der Waals surface area contributed by atoms with Crippen molar-refractivity contribution >= 4 is 0 Å². The fourth-order valence-electron chi connectivity index (χ4n) is 2.31. The first-order valence-corrected chi connectivity index (χ1v) is 7.85. The van der Waals surface area contributed by atoms with E-state index in [1.807, 2.05) is 30.3 Å². The van der Waals surface area contributed by atoms with E-state index in [9.17, 15) is 0 Å². The summed E-state index contributed by atoms with van der Waals surface area (Å²) < 4.78 is 15.4. The van der Waals surface area contributed by atoms with Crippen LogP contribution in [0.2, 0.25) is 0 Å². The van der Waals surface area contributed by atoms with Gasteiger partial charge in [-0.25, -0.2) is 0 Å². The Hall–Kier alpha value is -1.11. The van der Waals surface area contributed by atoms with E-state index in [0.717, 1.165) is 11.5 Å². The van der Waals surface area contributed by atoms with Crippen molar-refractivity contribution in [3.63, 3.8) is 0 Å². The summed E-state index contributed by atoms with van der Waals surface area (Å²) >= 11 is 0. The van der Waals surface area contributed by atoms with Gasteiger partial charge in [0.1, 0.15) is 0 Å². The average Bonchev–Trinajstić information content (AvgIpc) is 3.03. The van der Waals surface area contributed by atoms with E-state index in [1.165, 1.54) is 11.1 Å². The van der Waals surface area contributed by atoms with Crippen LogP contribution in [0.25, 0.3) is 0 Å². The zero-order valence-electron chi connectivity index (χ0n) is 14.8. The normalized spacial score (nSPS) is 11.6. The fraction of sp³-hybridized carbons (Fsp3) is 0.350. The van der Waals surface area contributed by atoms with E-state index < -0.39 is 0 Å². The molecule has 1 aliphatic rings. The second kappa shape index (κ2) is 10.0. The van der Waals surface area contributed by atoms with Crippen molar-refractivity contribution in [3.8, 4) is 17.2 Å². The molecule has 0 atom stereocenters.